The molecule has 4 N–H and O–H groups in total. The lowest BCUT2D eigenvalue weighted by Gasteiger charge is -2.20. The Morgan fingerprint density at radius 2 is 2.29 bits per heavy atom. The third-order valence-electron chi connectivity index (χ3n) is 3.65. The maximum atomic E-state index is 11.2. The number of aromatic nitrogens is 3. The third-order valence-corrected chi connectivity index (χ3v) is 3.65. The Morgan fingerprint density at radius 1 is 1.52 bits per heavy atom. The number of nitrogen functional groups attached to an aromatic ring is 1. The van der Waals surface area contributed by atoms with Crippen molar-refractivity contribution in [2.24, 2.45) is 0 Å². The smallest absolute Gasteiger partial charge is 0.209 e. The number of ether oxygens (including phenoxy) is 1. The highest BCUT2D eigenvalue weighted by molar-refractivity contribution is 5.65. The summed E-state index contributed by atoms with van der Waals surface area (Å²) in [5.74, 6) is 0.236. The summed E-state index contributed by atoms with van der Waals surface area (Å²) in [6.07, 6.45) is -2.86. The topological polar surface area (TPSA) is 150 Å². The van der Waals surface area contributed by atoms with Crippen molar-refractivity contribution >= 4 is 11.3 Å². The van der Waals surface area contributed by atoms with Gasteiger partial charge in [0.2, 0.25) is 5.60 Å². The highest BCUT2D eigenvalue weighted by Gasteiger charge is 2.56. The Labute approximate surface area is 118 Å². The van der Waals surface area contributed by atoms with Crippen molar-refractivity contribution in [3.8, 4) is 6.07 Å². The minimum atomic E-state index is -1.98. The van der Waals surface area contributed by atoms with E-state index in [0.29, 0.717) is 11.2 Å². The van der Waals surface area contributed by atoms with Crippen LogP contribution in [-0.2, 0) is 9.84 Å². The fourth-order valence-corrected chi connectivity index (χ4v) is 2.48. The minimum absolute atomic E-state index is 0.236. The fourth-order valence-electron chi connectivity index (χ4n) is 2.48. The monoisotopic (exact) mass is 290 g/mol. The molecule has 1 radical (unpaired) electrons. The molecule has 4 atom stereocenters. The molecule has 0 aliphatic carbocycles. The maximum Gasteiger partial charge on any atom is 0.209 e. The van der Waals surface area contributed by atoms with E-state index in [0.717, 1.165) is 0 Å². The van der Waals surface area contributed by atoms with Gasteiger partial charge in [0.15, 0.2) is 5.82 Å². The van der Waals surface area contributed by atoms with Gasteiger partial charge < -0.3 is 20.7 Å². The predicted molar refractivity (Wildman–Crippen MR) is 67.1 cm³/mol. The zero-order valence-electron chi connectivity index (χ0n) is 10.7. The lowest BCUT2D eigenvalue weighted by atomic mass is 9.96. The van der Waals surface area contributed by atoms with Crippen LogP contribution in [0.3, 0.4) is 0 Å². The molecular formula is C12H12N5O4. The van der Waals surface area contributed by atoms with E-state index >= 15 is 0 Å². The summed E-state index contributed by atoms with van der Waals surface area (Å²) in [5, 5.41) is 44.3. The van der Waals surface area contributed by atoms with Gasteiger partial charge in [-0.2, -0.15) is 10.4 Å². The third kappa shape index (κ3) is 1.78. The Hall–Kier alpha value is -2.25. The van der Waals surface area contributed by atoms with Crippen LogP contribution in [0.5, 0.6) is 0 Å². The van der Waals surface area contributed by atoms with Crippen LogP contribution in [0.2, 0.25) is 0 Å². The standard InChI is InChI=1S/C12H12N5O4/c13-3-12(4-18)10(20)8(19)9(21-12)6-1-2-7-11(14)15-5-16-17(6)7/h1-2,5,8-10,19-20H,4H2,(H2,14,15,16)/t8-,9+,10-,12+/m0/s1. The van der Waals surface area contributed by atoms with Gasteiger partial charge in [-0.3, -0.25) is 0 Å². The number of nitrogens with two attached hydrogens (primary N) is 1. The van der Waals surface area contributed by atoms with Crippen LogP contribution in [0.4, 0.5) is 5.82 Å². The van der Waals surface area contributed by atoms with Crippen LogP contribution in [0.15, 0.2) is 18.5 Å². The molecule has 1 saturated heterocycles. The van der Waals surface area contributed by atoms with Crippen molar-refractivity contribution in [3.05, 3.63) is 24.2 Å². The Balaban J connectivity index is 2.08. The van der Waals surface area contributed by atoms with Gasteiger partial charge in [0, 0.05) is 0 Å². The molecule has 0 spiro atoms. The number of hydrogen-bond donors (Lipinski definition) is 3. The van der Waals surface area contributed by atoms with Crippen molar-refractivity contribution in [1.82, 2.24) is 14.6 Å². The maximum absolute atomic E-state index is 11.2. The number of nitriles is 1. The number of fused-ring (bicyclic) bond motifs is 1. The lowest BCUT2D eigenvalue weighted by Crippen LogP contribution is -2.44. The first kappa shape index (κ1) is 13.7. The van der Waals surface area contributed by atoms with Gasteiger partial charge in [-0.15, -0.1) is 0 Å². The summed E-state index contributed by atoms with van der Waals surface area (Å²) in [5.41, 5.74) is 4.60. The largest absolute Gasteiger partial charge is 0.387 e. The Morgan fingerprint density at radius 3 is 2.90 bits per heavy atom. The van der Waals surface area contributed by atoms with E-state index in [1.807, 2.05) is 0 Å². The summed E-state index contributed by atoms with van der Waals surface area (Å²) >= 11 is 0. The van der Waals surface area contributed by atoms with Gasteiger partial charge in [-0.1, -0.05) is 0 Å². The molecule has 9 nitrogen and oxygen atoms in total. The molecular weight excluding hydrogens is 278 g/mol. The zero-order valence-corrected chi connectivity index (χ0v) is 10.7. The predicted octanol–water partition coefficient (Wildman–Crippen LogP) is -1.20. The van der Waals surface area contributed by atoms with Gasteiger partial charge in [0.1, 0.15) is 42.8 Å². The average molecular weight is 290 g/mol. The molecule has 0 aromatic carbocycles. The molecule has 1 fully saturated rings. The van der Waals surface area contributed by atoms with E-state index in [2.05, 4.69) is 10.1 Å². The number of aliphatic hydroxyl groups excluding tert-OH is 2. The van der Waals surface area contributed by atoms with E-state index < -0.39 is 30.5 Å². The second-order valence-electron chi connectivity index (χ2n) is 4.82. The van der Waals surface area contributed by atoms with E-state index in [-0.39, 0.29) is 5.82 Å². The highest BCUT2D eigenvalue weighted by atomic mass is 16.6. The van der Waals surface area contributed by atoms with Gasteiger partial charge in [0.25, 0.3) is 0 Å². The van der Waals surface area contributed by atoms with Gasteiger partial charge >= 0.3 is 0 Å². The summed E-state index contributed by atoms with van der Waals surface area (Å²) in [6, 6.07) is 4.85. The molecule has 0 unspecified atom stereocenters. The van der Waals surface area contributed by atoms with Crippen molar-refractivity contribution in [3.63, 3.8) is 0 Å². The minimum Gasteiger partial charge on any atom is -0.387 e. The number of rotatable bonds is 2. The molecule has 3 rings (SSSR count). The first-order valence-corrected chi connectivity index (χ1v) is 6.15. The molecule has 3 heterocycles. The zero-order chi connectivity index (χ0) is 15.2. The molecule has 1 aliphatic heterocycles. The van der Waals surface area contributed by atoms with Crippen molar-refractivity contribution in [1.29, 1.82) is 5.26 Å². The first-order chi connectivity index (χ1) is 10.0. The Kier molecular flexibility index (Phi) is 3.03. The fraction of sp³-hybridized carbons (Fsp3) is 0.417. The quantitative estimate of drug-likeness (QED) is 0.628. The second kappa shape index (κ2) is 4.64. The lowest BCUT2D eigenvalue weighted by molar-refractivity contribution is -0.0895. The van der Waals surface area contributed by atoms with Crippen molar-refractivity contribution in [2.45, 2.75) is 23.9 Å². The normalized spacial score (nSPS) is 32.4. The van der Waals surface area contributed by atoms with E-state index in [9.17, 15) is 15.3 Å². The first-order valence-electron chi connectivity index (χ1n) is 6.15. The average Bonchev–Trinajstić information content (AvgIpc) is 3.02. The van der Waals surface area contributed by atoms with Gasteiger partial charge in [0.05, 0.1) is 5.69 Å². The summed E-state index contributed by atoms with van der Waals surface area (Å²) < 4.78 is 6.76. The number of aliphatic hydroxyl groups is 2. The molecule has 0 saturated carbocycles. The summed E-state index contributed by atoms with van der Waals surface area (Å²) in [4.78, 5) is 3.83. The highest BCUT2D eigenvalue weighted by Crippen LogP contribution is 2.40. The van der Waals surface area contributed by atoms with Crippen LogP contribution >= 0.6 is 0 Å². The summed E-state index contributed by atoms with van der Waals surface area (Å²) in [6.45, 7) is -0.987. The van der Waals surface area contributed by atoms with E-state index in [4.69, 9.17) is 15.7 Å². The molecule has 1 aliphatic rings. The molecule has 2 aromatic heterocycles. The molecule has 9 heteroatoms. The molecule has 2 aromatic rings. The Bertz CT molecular complexity index is 726. The van der Waals surface area contributed by atoms with Crippen LogP contribution in [-0.4, -0.2) is 49.2 Å². The molecule has 109 valence electrons. The number of nitrogens with zero attached hydrogens (tertiary/aromatic N) is 4. The molecule has 0 amide bonds. The summed E-state index contributed by atoms with van der Waals surface area (Å²) in [7, 11) is 0. The van der Waals surface area contributed by atoms with Crippen molar-refractivity contribution < 1.29 is 20.1 Å². The number of anilines is 1. The van der Waals surface area contributed by atoms with E-state index in [1.54, 1.807) is 18.2 Å². The van der Waals surface area contributed by atoms with Crippen LogP contribution in [0.1, 0.15) is 11.8 Å². The van der Waals surface area contributed by atoms with Crippen LogP contribution in [0, 0.1) is 11.3 Å². The van der Waals surface area contributed by atoms with Crippen LogP contribution < -0.4 is 5.73 Å². The van der Waals surface area contributed by atoms with Crippen LogP contribution in [0.25, 0.3) is 5.52 Å². The van der Waals surface area contributed by atoms with Crippen molar-refractivity contribution in [2.75, 3.05) is 12.3 Å². The molecule has 0 bridgehead atoms. The van der Waals surface area contributed by atoms with E-state index in [1.165, 1.54) is 10.8 Å². The SMILES string of the molecule is N#C[C@]1(C[O])O[C@H](c2ccc3c(N)ncnn23)[C@H](O)[C@@H]1O. The van der Waals surface area contributed by atoms with Gasteiger partial charge in [-0.25, -0.2) is 14.6 Å². The molecule has 21 heavy (non-hydrogen) atoms. The number of hydrogen-bond acceptors (Lipinski definition) is 7. The van der Waals surface area contributed by atoms with Gasteiger partial charge in [-0.05, 0) is 12.1 Å². The second-order valence-corrected chi connectivity index (χ2v) is 4.82.